The normalized spacial score (nSPS) is 28.0. The second kappa shape index (κ2) is 4.33. The van der Waals surface area contributed by atoms with Gasteiger partial charge in [-0.15, -0.1) is 0 Å². The van der Waals surface area contributed by atoms with Gasteiger partial charge in [0.05, 0.1) is 11.9 Å². The van der Waals surface area contributed by atoms with E-state index in [1.165, 1.54) is 17.3 Å². The summed E-state index contributed by atoms with van der Waals surface area (Å²) in [6.45, 7) is 3.14. The molecule has 1 heterocycles. The van der Waals surface area contributed by atoms with E-state index in [2.05, 4.69) is 10.4 Å². The monoisotopic (exact) mass is 277 g/mol. The van der Waals surface area contributed by atoms with Crippen LogP contribution < -0.4 is 5.32 Å². The van der Waals surface area contributed by atoms with Crippen molar-refractivity contribution in [2.45, 2.75) is 38.6 Å². The molecule has 108 valence electrons. The minimum Gasteiger partial charge on any atom is -0.479 e. The van der Waals surface area contributed by atoms with E-state index in [1.807, 2.05) is 0 Å². The molecule has 2 saturated carbocycles. The molecule has 2 fully saturated rings. The van der Waals surface area contributed by atoms with Crippen molar-refractivity contribution in [2.75, 3.05) is 5.32 Å². The Labute approximate surface area is 117 Å². The molecule has 2 unspecified atom stereocenters. The first kappa shape index (κ1) is 13.1. The predicted octanol–water partition coefficient (Wildman–Crippen LogP) is 1.69. The zero-order valence-corrected chi connectivity index (χ0v) is 11.7. The Kier molecular flexibility index (Phi) is 2.84. The van der Waals surface area contributed by atoms with Gasteiger partial charge in [0.25, 0.3) is 0 Å². The van der Waals surface area contributed by atoms with Crippen LogP contribution in [0.25, 0.3) is 0 Å². The quantitative estimate of drug-likeness (QED) is 0.877. The van der Waals surface area contributed by atoms with Crippen molar-refractivity contribution in [1.82, 2.24) is 9.78 Å². The molecule has 0 aliphatic heterocycles. The van der Waals surface area contributed by atoms with Crippen LogP contribution in [-0.4, -0.2) is 26.8 Å². The van der Waals surface area contributed by atoms with E-state index in [9.17, 15) is 9.59 Å². The molecule has 1 aromatic rings. The lowest BCUT2D eigenvalue weighted by Crippen LogP contribution is -2.35. The number of amides is 1. The molecule has 2 N–H and O–H groups in total. The fourth-order valence-electron chi connectivity index (χ4n) is 3.23. The highest BCUT2D eigenvalue weighted by molar-refractivity contribution is 5.94. The number of carboxylic acids is 1. The van der Waals surface area contributed by atoms with E-state index >= 15 is 0 Å². The number of hydrogen-bond acceptors (Lipinski definition) is 3. The average molecular weight is 277 g/mol. The molecule has 2 aliphatic rings. The molecular weight excluding hydrogens is 258 g/mol. The van der Waals surface area contributed by atoms with Crippen LogP contribution in [0.15, 0.2) is 12.4 Å². The van der Waals surface area contributed by atoms with E-state index in [4.69, 9.17) is 5.11 Å². The van der Waals surface area contributed by atoms with E-state index < -0.39 is 11.5 Å². The molecule has 3 rings (SSSR count). The zero-order valence-electron chi connectivity index (χ0n) is 11.7. The number of aliphatic carboxylic acids is 1. The first-order chi connectivity index (χ1) is 9.41. The number of carbonyl (C=O) groups excluding carboxylic acids is 1. The molecule has 0 radical (unpaired) electrons. The van der Waals surface area contributed by atoms with Crippen molar-refractivity contribution in [1.29, 1.82) is 0 Å². The van der Waals surface area contributed by atoms with Crippen LogP contribution >= 0.6 is 0 Å². The van der Waals surface area contributed by atoms with Crippen molar-refractivity contribution in [3.05, 3.63) is 12.4 Å². The number of nitrogens with zero attached hydrogens (tertiary/aromatic N) is 2. The summed E-state index contributed by atoms with van der Waals surface area (Å²) in [5, 5.41) is 16.0. The second-order valence-electron chi connectivity index (χ2n) is 6.31. The van der Waals surface area contributed by atoms with Gasteiger partial charge in [-0.25, -0.2) is 4.79 Å². The summed E-state index contributed by atoms with van der Waals surface area (Å²) in [6, 6.07) is 0. The Morgan fingerprint density at radius 3 is 2.65 bits per heavy atom. The standard InChI is InChI=1S/C14H19N3O3/c1-14(2,13(19)20)17-7-8(6-15-17)16-12(18)11-9-4-3-5-10(9)11/h6-7,9-11H,3-5H2,1-2H3,(H,16,18)(H,19,20). The van der Waals surface area contributed by atoms with E-state index in [0.29, 0.717) is 17.5 Å². The SMILES string of the molecule is CC(C)(C(=O)O)n1cc(NC(=O)C2C3CCCC32)cn1. The van der Waals surface area contributed by atoms with Gasteiger partial charge in [0.1, 0.15) is 0 Å². The molecule has 6 nitrogen and oxygen atoms in total. The maximum absolute atomic E-state index is 12.1. The van der Waals surface area contributed by atoms with Crippen molar-refractivity contribution in [3.8, 4) is 0 Å². The van der Waals surface area contributed by atoms with E-state index in [1.54, 1.807) is 20.0 Å². The smallest absolute Gasteiger partial charge is 0.331 e. The van der Waals surface area contributed by atoms with Crippen molar-refractivity contribution < 1.29 is 14.7 Å². The molecule has 2 aliphatic carbocycles. The largest absolute Gasteiger partial charge is 0.479 e. The van der Waals surface area contributed by atoms with Crippen LogP contribution in [0.3, 0.4) is 0 Å². The van der Waals surface area contributed by atoms with Crippen LogP contribution in [0.4, 0.5) is 5.69 Å². The molecule has 1 aromatic heterocycles. The van der Waals surface area contributed by atoms with Crippen LogP contribution in [0.1, 0.15) is 33.1 Å². The average Bonchev–Trinajstić information content (AvgIpc) is 2.80. The molecule has 2 atom stereocenters. The van der Waals surface area contributed by atoms with Gasteiger partial charge < -0.3 is 10.4 Å². The first-order valence-electron chi connectivity index (χ1n) is 7.00. The predicted molar refractivity (Wildman–Crippen MR) is 72.1 cm³/mol. The van der Waals surface area contributed by atoms with Crippen molar-refractivity contribution in [3.63, 3.8) is 0 Å². The fraction of sp³-hybridized carbons (Fsp3) is 0.643. The lowest BCUT2D eigenvalue weighted by atomic mass is 10.1. The van der Waals surface area contributed by atoms with Crippen molar-refractivity contribution in [2.24, 2.45) is 17.8 Å². The lowest BCUT2D eigenvalue weighted by molar-refractivity contribution is -0.146. The molecule has 1 amide bonds. The Morgan fingerprint density at radius 1 is 1.40 bits per heavy atom. The summed E-state index contributed by atoms with van der Waals surface area (Å²) in [5.41, 5.74) is -0.562. The third kappa shape index (κ3) is 1.99. The summed E-state index contributed by atoms with van der Waals surface area (Å²) >= 11 is 0. The number of nitrogens with one attached hydrogen (secondary N) is 1. The highest BCUT2D eigenvalue weighted by Gasteiger charge is 2.56. The molecular formula is C14H19N3O3. The fourth-order valence-corrected chi connectivity index (χ4v) is 3.23. The first-order valence-corrected chi connectivity index (χ1v) is 7.00. The topological polar surface area (TPSA) is 84.2 Å². The van der Waals surface area contributed by atoms with E-state index in [-0.39, 0.29) is 11.8 Å². The second-order valence-corrected chi connectivity index (χ2v) is 6.31. The number of carbonyl (C=O) groups is 2. The Morgan fingerprint density at radius 2 is 2.05 bits per heavy atom. The van der Waals surface area contributed by atoms with Crippen LogP contribution in [-0.2, 0) is 15.1 Å². The summed E-state index contributed by atoms with van der Waals surface area (Å²) in [6.07, 6.45) is 6.64. The van der Waals surface area contributed by atoms with Gasteiger partial charge in [-0.2, -0.15) is 5.10 Å². The van der Waals surface area contributed by atoms with Gasteiger partial charge in [-0.05, 0) is 38.5 Å². The van der Waals surface area contributed by atoms with Gasteiger partial charge in [0, 0.05) is 12.1 Å². The summed E-state index contributed by atoms with van der Waals surface area (Å²) in [5.74, 6) is 0.378. The Bertz CT molecular complexity index is 554. The number of rotatable bonds is 4. The highest BCUT2D eigenvalue weighted by Crippen LogP contribution is 2.57. The molecule has 0 spiro atoms. The molecule has 6 heteroatoms. The third-order valence-electron chi connectivity index (χ3n) is 4.66. The number of anilines is 1. The Hall–Kier alpha value is -1.85. The third-order valence-corrected chi connectivity index (χ3v) is 4.66. The van der Waals surface area contributed by atoms with Gasteiger partial charge in [-0.3, -0.25) is 9.48 Å². The summed E-state index contributed by atoms with van der Waals surface area (Å²) in [4.78, 5) is 23.3. The van der Waals surface area contributed by atoms with Crippen LogP contribution in [0, 0.1) is 17.8 Å². The molecule has 0 aromatic carbocycles. The minimum atomic E-state index is -1.13. The van der Waals surface area contributed by atoms with Crippen molar-refractivity contribution >= 4 is 17.6 Å². The maximum Gasteiger partial charge on any atom is 0.331 e. The number of carboxylic acid groups (broad SMARTS) is 1. The highest BCUT2D eigenvalue weighted by atomic mass is 16.4. The van der Waals surface area contributed by atoms with Crippen LogP contribution in [0.5, 0.6) is 0 Å². The van der Waals surface area contributed by atoms with Gasteiger partial charge in [0.2, 0.25) is 5.91 Å². The summed E-state index contributed by atoms with van der Waals surface area (Å²) in [7, 11) is 0. The van der Waals surface area contributed by atoms with Gasteiger partial charge in [-0.1, -0.05) is 6.42 Å². The van der Waals surface area contributed by atoms with Crippen LogP contribution in [0.2, 0.25) is 0 Å². The number of fused-ring (bicyclic) bond motifs is 1. The van der Waals surface area contributed by atoms with Gasteiger partial charge >= 0.3 is 5.97 Å². The minimum absolute atomic E-state index is 0.0485. The number of hydrogen-bond donors (Lipinski definition) is 2. The molecule has 0 saturated heterocycles. The maximum atomic E-state index is 12.1. The Balaban J connectivity index is 1.66. The van der Waals surface area contributed by atoms with Gasteiger partial charge in [0.15, 0.2) is 5.54 Å². The zero-order chi connectivity index (χ0) is 14.5. The number of aromatic nitrogens is 2. The van der Waals surface area contributed by atoms with E-state index in [0.717, 1.165) is 12.8 Å². The molecule has 0 bridgehead atoms. The summed E-state index contributed by atoms with van der Waals surface area (Å²) < 4.78 is 1.36. The lowest BCUT2D eigenvalue weighted by Gasteiger charge is -2.19. The molecule has 20 heavy (non-hydrogen) atoms.